The summed E-state index contributed by atoms with van der Waals surface area (Å²) in [6.45, 7) is 4.12. The summed E-state index contributed by atoms with van der Waals surface area (Å²) in [6, 6.07) is 7.13. The van der Waals surface area contributed by atoms with Crippen molar-refractivity contribution in [3.63, 3.8) is 0 Å². The third-order valence-corrected chi connectivity index (χ3v) is 5.17. The highest BCUT2D eigenvalue weighted by molar-refractivity contribution is 5.96. The third-order valence-electron chi connectivity index (χ3n) is 5.17. The van der Waals surface area contributed by atoms with Crippen molar-refractivity contribution < 1.29 is 19.5 Å². The highest BCUT2D eigenvalue weighted by atomic mass is 16.4. The molecule has 1 aromatic rings. The number of hydrogen-bond acceptors (Lipinski definition) is 4. The fraction of sp³-hybridized carbons (Fsp3) is 0.421. The molecule has 2 N–H and O–H groups in total. The Hall–Kier alpha value is -2.63. The van der Waals surface area contributed by atoms with Gasteiger partial charge in [0.15, 0.2) is 0 Å². The van der Waals surface area contributed by atoms with Gasteiger partial charge in [-0.25, -0.2) is 0 Å². The molecule has 4 atom stereocenters. The van der Waals surface area contributed by atoms with Crippen LogP contribution in [-0.4, -0.2) is 17.8 Å². The molecule has 0 aromatic heterocycles. The highest BCUT2D eigenvalue weighted by Crippen LogP contribution is 2.47. The lowest BCUT2D eigenvalue weighted by atomic mass is 9.82. The zero-order valence-corrected chi connectivity index (χ0v) is 14.2. The fourth-order valence-corrected chi connectivity index (χ4v) is 3.79. The number of aliphatic carboxylic acids is 1. The molecule has 6 heteroatoms. The van der Waals surface area contributed by atoms with Gasteiger partial charge in [0.2, 0.25) is 5.91 Å². The Morgan fingerprint density at radius 2 is 1.60 bits per heavy atom. The minimum atomic E-state index is -1.22. The number of carbonyl (C=O) groups excluding carboxylic acids is 3. The van der Waals surface area contributed by atoms with E-state index in [-0.39, 0.29) is 11.8 Å². The molecule has 3 rings (SSSR count). The van der Waals surface area contributed by atoms with E-state index in [2.05, 4.69) is 24.7 Å². The van der Waals surface area contributed by atoms with Crippen LogP contribution in [0.1, 0.15) is 42.1 Å². The fourth-order valence-electron chi connectivity index (χ4n) is 3.79. The van der Waals surface area contributed by atoms with Crippen LogP contribution in [0.2, 0.25) is 0 Å². The summed E-state index contributed by atoms with van der Waals surface area (Å²) in [7, 11) is 0. The second-order valence-electron chi connectivity index (χ2n) is 7.04. The molecule has 132 valence electrons. The molecule has 0 unspecified atom stereocenters. The molecule has 0 saturated heterocycles. The van der Waals surface area contributed by atoms with E-state index in [0.717, 1.165) is 5.56 Å². The van der Waals surface area contributed by atoms with E-state index in [1.165, 1.54) is 0 Å². The Bertz CT molecular complexity index is 723. The minimum absolute atomic E-state index is 0.116. The average Bonchev–Trinajstić information content (AvgIpc) is 3.20. The summed E-state index contributed by atoms with van der Waals surface area (Å²) in [5, 5.41) is 11.3. The highest BCUT2D eigenvalue weighted by Gasteiger charge is 2.48. The van der Waals surface area contributed by atoms with Crippen molar-refractivity contribution in [2.75, 3.05) is 0 Å². The standard InChI is InChI=1S/C19H22N2O4/c1-10(2)11-3-5-12(6-4-11)17(22)20-21-18(23)15-13-7-8-14(9-13)16(15)19(24)25/h3-8,10,13-16H,9H2,1-2H3,(H,20,22)(H,21,23)(H,24,25)/p-1/t13-,14-,15-,16-/m0/s1. The third kappa shape index (κ3) is 3.29. The summed E-state index contributed by atoms with van der Waals surface area (Å²) >= 11 is 0. The molecule has 2 aliphatic carbocycles. The lowest BCUT2D eigenvalue weighted by Gasteiger charge is -2.27. The molecule has 0 radical (unpaired) electrons. The Morgan fingerprint density at radius 3 is 2.16 bits per heavy atom. The van der Waals surface area contributed by atoms with Gasteiger partial charge in [0, 0.05) is 17.5 Å². The summed E-state index contributed by atoms with van der Waals surface area (Å²) in [5.41, 5.74) is 6.28. The number of hydrogen-bond donors (Lipinski definition) is 2. The molecule has 1 aromatic carbocycles. The van der Waals surface area contributed by atoms with Gasteiger partial charge in [0.05, 0.1) is 5.92 Å². The molecular weight excluding hydrogens is 320 g/mol. The van der Waals surface area contributed by atoms with Crippen LogP contribution in [0.4, 0.5) is 0 Å². The van der Waals surface area contributed by atoms with Crippen molar-refractivity contribution in [3.05, 3.63) is 47.5 Å². The summed E-state index contributed by atoms with van der Waals surface area (Å²) in [6.07, 6.45) is 4.35. The van der Waals surface area contributed by atoms with Crippen LogP contribution in [0.25, 0.3) is 0 Å². The molecule has 25 heavy (non-hydrogen) atoms. The van der Waals surface area contributed by atoms with Crippen molar-refractivity contribution in [1.29, 1.82) is 0 Å². The molecule has 0 heterocycles. The number of carbonyl (C=O) groups is 3. The lowest BCUT2D eigenvalue weighted by Crippen LogP contribution is -2.50. The first-order valence-corrected chi connectivity index (χ1v) is 8.48. The van der Waals surface area contributed by atoms with E-state index in [1.54, 1.807) is 12.1 Å². The second kappa shape index (κ2) is 6.70. The number of rotatable bonds is 4. The SMILES string of the molecule is CC(C)c1ccc(C(=O)NNC(=O)[C@@H]2[C@@H](C(=O)[O-])[C@H]3C=C[C@H]2C3)cc1. The van der Waals surface area contributed by atoms with Gasteiger partial charge in [-0.05, 0) is 41.9 Å². The second-order valence-corrected chi connectivity index (χ2v) is 7.04. The van der Waals surface area contributed by atoms with Gasteiger partial charge >= 0.3 is 0 Å². The molecule has 1 fully saturated rings. The van der Waals surface area contributed by atoms with Crippen molar-refractivity contribution in [1.82, 2.24) is 10.9 Å². The molecule has 2 amide bonds. The number of fused-ring (bicyclic) bond motifs is 2. The predicted molar refractivity (Wildman–Crippen MR) is 88.9 cm³/mol. The first-order chi connectivity index (χ1) is 11.9. The number of hydrazine groups is 1. The van der Waals surface area contributed by atoms with Gasteiger partial charge < -0.3 is 9.90 Å². The Balaban J connectivity index is 1.61. The topological polar surface area (TPSA) is 98.3 Å². The van der Waals surface area contributed by atoms with E-state index >= 15 is 0 Å². The molecule has 2 bridgehead atoms. The van der Waals surface area contributed by atoms with Crippen LogP contribution in [0.5, 0.6) is 0 Å². The first-order valence-electron chi connectivity index (χ1n) is 8.48. The molecule has 2 aliphatic rings. The monoisotopic (exact) mass is 341 g/mol. The predicted octanol–water partition coefficient (Wildman–Crippen LogP) is 0.759. The van der Waals surface area contributed by atoms with E-state index < -0.39 is 29.6 Å². The van der Waals surface area contributed by atoms with E-state index in [4.69, 9.17) is 0 Å². The number of carboxylic acids is 1. The number of nitrogens with one attached hydrogen (secondary N) is 2. The number of benzene rings is 1. The van der Waals surface area contributed by atoms with Gasteiger partial charge in [0.25, 0.3) is 5.91 Å². The van der Waals surface area contributed by atoms with Gasteiger partial charge in [-0.2, -0.15) is 0 Å². The maximum atomic E-state index is 12.4. The minimum Gasteiger partial charge on any atom is -0.550 e. The maximum Gasteiger partial charge on any atom is 0.269 e. The summed E-state index contributed by atoms with van der Waals surface area (Å²) in [5.74, 6) is -3.59. The van der Waals surface area contributed by atoms with Gasteiger partial charge in [-0.3, -0.25) is 20.4 Å². The zero-order valence-electron chi connectivity index (χ0n) is 14.2. The van der Waals surface area contributed by atoms with Crippen molar-refractivity contribution in [3.8, 4) is 0 Å². The zero-order chi connectivity index (χ0) is 18.1. The molecule has 6 nitrogen and oxygen atoms in total. The molecule has 0 aliphatic heterocycles. The van der Waals surface area contributed by atoms with Gasteiger partial charge in [-0.15, -0.1) is 0 Å². The van der Waals surface area contributed by atoms with Crippen molar-refractivity contribution >= 4 is 17.8 Å². The van der Waals surface area contributed by atoms with E-state index in [1.807, 2.05) is 24.3 Å². The van der Waals surface area contributed by atoms with Crippen LogP contribution in [0.15, 0.2) is 36.4 Å². The maximum absolute atomic E-state index is 12.4. The quantitative estimate of drug-likeness (QED) is 0.624. The Labute approximate surface area is 146 Å². The smallest absolute Gasteiger partial charge is 0.269 e. The van der Waals surface area contributed by atoms with E-state index in [0.29, 0.717) is 17.9 Å². The van der Waals surface area contributed by atoms with E-state index in [9.17, 15) is 19.5 Å². The van der Waals surface area contributed by atoms with Crippen molar-refractivity contribution in [2.45, 2.75) is 26.2 Å². The van der Waals surface area contributed by atoms with Crippen LogP contribution >= 0.6 is 0 Å². The Kier molecular flexibility index (Phi) is 4.61. The summed E-state index contributed by atoms with van der Waals surface area (Å²) in [4.78, 5) is 35.9. The van der Waals surface area contributed by atoms with Crippen LogP contribution < -0.4 is 16.0 Å². The molecule has 1 saturated carbocycles. The Morgan fingerprint density at radius 1 is 1.00 bits per heavy atom. The average molecular weight is 341 g/mol. The number of amides is 2. The van der Waals surface area contributed by atoms with Crippen LogP contribution in [0, 0.1) is 23.7 Å². The van der Waals surface area contributed by atoms with Crippen LogP contribution in [-0.2, 0) is 9.59 Å². The molecule has 0 spiro atoms. The first kappa shape index (κ1) is 17.2. The summed E-state index contributed by atoms with van der Waals surface area (Å²) < 4.78 is 0. The largest absolute Gasteiger partial charge is 0.550 e. The number of allylic oxidation sites excluding steroid dienone is 2. The normalized spacial score (nSPS) is 26.7. The van der Waals surface area contributed by atoms with Crippen molar-refractivity contribution in [2.24, 2.45) is 23.7 Å². The number of carboxylic acid groups (broad SMARTS) is 1. The van der Waals surface area contributed by atoms with Gasteiger partial charge in [-0.1, -0.05) is 38.1 Å². The van der Waals surface area contributed by atoms with Gasteiger partial charge in [0.1, 0.15) is 0 Å². The van der Waals surface area contributed by atoms with Crippen LogP contribution in [0.3, 0.4) is 0 Å². The lowest BCUT2D eigenvalue weighted by molar-refractivity contribution is -0.313. The molecular formula is C19H21N2O4-.